The Labute approximate surface area is 173 Å². The first-order chi connectivity index (χ1) is 14.1. The molecule has 0 radical (unpaired) electrons. The maximum atomic E-state index is 12.4. The number of rotatable bonds is 9. The number of ether oxygens (including phenoxy) is 4. The van der Waals surface area contributed by atoms with Gasteiger partial charge in [-0.15, -0.1) is 0 Å². The first-order valence-corrected chi connectivity index (χ1v) is 10.1. The highest BCUT2D eigenvalue weighted by Crippen LogP contribution is 2.23. The molecular formula is C21H24N2O5S. The number of fused-ring (bicyclic) bond motifs is 1. The van der Waals surface area contributed by atoms with Crippen molar-refractivity contribution < 1.29 is 23.7 Å². The summed E-state index contributed by atoms with van der Waals surface area (Å²) in [5.74, 6) is 1.75. The van der Waals surface area contributed by atoms with E-state index < -0.39 is 0 Å². The topological polar surface area (TPSA) is 71.3 Å². The Morgan fingerprint density at radius 2 is 1.72 bits per heavy atom. The van der Waals surface area contributed by atoms with E-state index in [2.05, 4.69) is 4.99 Å². The first kappa shape index (κ1) is 20.9. The van der Waals surface area contributed by atoms with Crippen LogP contribution in [0, 0.1) is 0 Å². The van der Waals surface area contributed by atoms with E-state index in [4.69, 9.17) is 18.9 Å². The van der Waals surface area contributed by atoms with Crippen molar-refractivity contribution in [3.05, 3.63) is 47.3 Å². The minimum Gasteiger partial charge on any atom is -0.497 e. The van der Waals surface area contributed by atoms with Crippen LogP contribution in [0.4, 0.5) is 0 Å². The van der Waals surface area contributed by atoms with Gasteiger partial charge in [-0.1, -0.05) is 11.3 Å². The van der Waals surface area contributed by atoms with Gasteiger partial charge in [0.25, 0.3) is 5.91 Å². The summed E-state index contributed by atoms with van der Waals surface area (Å²) >= 11 is 1.43. The van der Waals surface area contributed by atoms with Gasteiger partial charge in [-0.25, -0.2) is 0 Å². The number of thiazole rings is 1. The number of hydrogen-bond donors (Lipinski definition) is 0. The molecule has 0 fully saturated rings. The molecule has 0 spiro atoms. The molecular weight excluding hydrogens is 392 g/mol. The lowest BCUT2D eigenvalue weighted by atomic mass is 10.3. The van der Waals surface area contributed by atoms with Gasteiger partial charge in [0, 0.05) is 13.7 Å². The van der Waals surface area contributed by atoms with Crippen LogP contribution in [-0.4, -0.2) is 44.5 Å². The number of carbonyl (C=O) groups is 1. The fourth-order valence-electron chi connectivity index (χ4n) is 2.75. The van der Waals surface area contributed by atoms with E-state index in [0.29, 0.717) is 30.3 Å². The van der Waals surface area contributed by atoms with Crippen LogP contribution in [0.2, 0.25) is 0 Å². The maximum Gasteiger partial charge on any atom is 0.286 e. The monoisotopic (exact) mass is 416 g/mol. The van der Waals surface area contributed by atoms with Crippen LogP contribution in [0.5, 0.6) is 17.2 Å². The lowest BCUT2D eigenvalue weighted by Crippen LogP contribution is -2.21. The highest BCUT2D eigenvalue weighted by molar-refractivity contribution is 7.16. The van der Waals surface area contributed by atoms with Crippen molar-refractivity contribution in [2.75, 3.05) is 34.0 Å². The molecule has 0 saturated carbocycles. The number of benzene rings is 2. The fourth-order valence-corrected chi connectivity index (χ4v) is 3.85. The lowest BCUT2D eigenvalue weighted by molar-refractivity contribution is -0.120. The molecule has 0 atom stereocenters. The number of nitrogens with zero attached hydrogens (tertiary/aromatic N) is 2. The van der Waals surface area contributed by atoms with E-state index in [0.717, 1.165) is 21.7 Å². The standard InChI is InChI=1S/C21H24N2O5S/c1-4-27-15-5-7-16(8-6-15)28-14-20(24)22-21-23(11-12-25-2)18-10-9-17(26-3)13-19(18)29-21/h5-10,13H,4,11-12,14H2,1-3H3. The number of aromatic nitrogens is 1. The van der Waals surface area contributed by atoms with Crippen LogP contribution in [0.3, 0.4) is 0 Å². The summed E-state index contributed by atoms with van der Waals surface area (Å²) in [5.41, 5.74) is 0.979. The summed E-state index contributed by atoms with van der Waals surface area (Å²) in [7, 11) is 3.27. The van der Waals surface area contributed by atoms with E-state index in [9.17, 15) is 4.79 Å². The van der Waals surface area contributed by atoms with Crippen molar-refractivity contribution in [3.63, 3.8) is 0 Å². The molecule has 3 aromatic rings. The number of methoxy groups -OCH3 is 2. The van der Waals surface area contributed by atoms with Crippen LogP contribution in [0.15, 0.2) is 47.5 Å². The zero-order valence-corrected chi connectivity index (χ0v) is 17.5. The molecule has 8 heteroatoms. The maximum absolute atomic E-state index is 12.4. The second-order valence-corrected chi connectivity index (χ2v) is 7.07. The number of carbonyl (C=O) groups excluding carboxylic acids is 1. The van der Waals surface area contributed by atoms with Crippen molar-refractivity contribution >= 4 is 27.5 Å². The summed E-state index contributed by atoms with van der Waals surface area (Å²) < 4.78 is 24.4. The van der Waals surface area contributed by atoms with Gasteiger partial charge in [-0.05, 0) is 49.4 Å². The molecule has 7 nitrogen and oxygen atoms in total. The summed E-state index contributed by atoms with van der Waals surface area (Å²) in [5, 5.41) is 0. The molecule has 0 N–H and O–H groups in total. The van der Waals surface area contributed by atoms with Gasteiger partial charge in [0.15, 0.2) is 11.4 Å². The van der Waals surface area contributed by atoms with Crippen molar-refractivity contribution in [2.24, 2.45) is 4.99 Å². The smallest absolute Gasteiger partial charge is 0.286 e. The van der Waals surface area contributed by atoms with Gasteiger partial charge < -0.3 is 23.5 Å². The quantitative estimate of drug-likeness (QED) is 0.535. The molecule has 0 aliphatic rings. The van der Waals surface area contributed by atoms with Gasteiger partial charge in [0.1, 0.15) is 17.2 Å². The second kappa shape index (κ2) is 10.1. The summed E-state index contributed by atoms with van der Waals surface area (Å²) in [6.45, 7) is 3.49. The largest absolute Gasteiger partial charge is 0.497 e. The number of amides is 1. The molecule has 0 saturated heterocycles. The molecule has 2 aromatic carbocycles. The molecule has 1 heterocycles. The van der Waals surface area contributed by atoms with Crippen molar-refractivity contribution in [1.29, 1.82) is 0 Å². The Kier molecular flexibility index (Phi) is 7.26. The molecule has 29 heavy (non-hydrogen) atoms. The first-order valence-electron chi connectivity index (χ1n) is 9.24. The zero-order chi connectivity index (χ0) is 20.6. The predicted octanol–water partition coefficient (Wildman–Crippen LogP) is 3.26. The van der Waals surface area contributed by atoms with Crippen LogP contribution in [0.25, 0.3) is 10.2 Å². The second-order valence-electron chi connectivity index (χ2n) is 6.06. The predicted molar refractivity (Wildman–Crippen MR) is 112 cm³/mol. The Balaban J connectivity index is 1.79. The van der Waals surface area contributed by atoms with Crippen LogP contribution < -0.4 is 19.0 Å². The van der Waals surface area contributed by atoms with Gasteiger partial charge in [0.2, 0.25) is 0 Å². The average molecular weight is 416 g/mol. The Hall–Kier alpha value is -2.84. The summed E-state index contributed by atoms with van der Waals surface area (Å²) in [6, 6.07) is 12.9. The fraction of sp³-hybridized carbons (Fsp3) is 0.333. The van der Waals surface area contributed by atoms with E-state index in [1.54, 1.807) is 38.5 Å². The lowest BCUT2D eigenvalue weighted by Gasteiger charge is -2.06. The van der Waals surface area contributed by atoms with Gasteiger partial charge in [0.05, 0.1) is 30.5 Å². The Morgan fingerprint density at radius 1 is 1.03 bits per heavy atom. The Morgan fingerprint density at radius 3 is 2.38 bits per heavy atom. The molecule has 0 bridgehead atoms. The third kappa shape index (κ3) is 5.36. The van der Waals surface area contributed by atoms with Gasteiger partial charge in [-0.3, -0.25) is 4.79 Å². The van der Waals surface area contributed by atoms with E-state index >= 15 is 0 Å². The molecule has 0 unspecified atom stereocenters. The van der Waals surface area contributed by atoms with Crippen molar-refractivity contribution in [2.45, 2.75) is 13.5 Å². The van der Waals surface area contributed by atoms with Gasteiger partial charge in [-0.2, -0.15) is 4.99 Å². The van der Waals surface area contributed by atoms with E-state index in [1.165, 1.54) is 11.3 Å². The molecule has 154 valence electrons. The molecule has 1 amide bonds. The van der Waals surface area contributed by atoms with Gasteiger partial charge >= 0.3 is 0 Å². The minimum absolute atomic E-state index is 0.143. The van der Waals surface area contributed by atoms with Crippen molar-refractivity contribution in [3.8, 4) is 17.2 Å². The zero-order valence-electron chi connectivity index (χ0n) is 16.7. The summed E-state index contributed by atoms with van der Waals surface area (Å²) in [6.07, 6.45) is 0. The highest BCUT2D eigenvalue weighted by Gasteiger charge is 2.10. The summed E-state index contributed by atoms with van der Waals surface area (Å²) in [4.78, 5) is 17.3. The third-order valence-corrected chi connectivity index (χ3v) is 5.17. The third-order valence-electron chi connectivity index (χ3n) is 4.13. The normalized spacial score (nSPS) is 11.6. The van der Waals surface area contributed by atoms with E-state index in [-0.39, 0.29) is 12.5 Å². The van der Waals surface area contributed by atoms with Crippen LogP contribution >= 0.6 is 11.3 Å². The van der Waals surface area contributed by atoms with Crippen LogP contribution in [-0.2, 0) is 16.1 Å². The Bertz CT molecular complexity index is 1020. The van der Waals surface area contributed by atoms with E-state index in [1.807, 2.05) is 29.7 Å². The minimum atomic E-state index is -0.358. The molecule has 0 aliphatic carbocycles. The SMILES string of the molecule is CCOc1ccc(OCC(=O)N=c2sc3cc(OC)ccc3n2CCOC)cc1. The highest BCUT2D eigenvalue weighted by atomic mass is 32.1. The molecule has 1 aromatic heterocycles. The number of hydrogen-bond acceptors (Lipinski definition) is 6. The van der Waals surface area contributed by atoms with Crippen LogP contribution in [0.1, 0.15) is 6.92 Å². The van der Waals surface area contributed by atoms with Crippen molar-refractivity contribution in [1.82, 2.24) is 4.57 Å². The molecule has 3 rings (SSSR count). The average Bonchev–Trinajstić information content (AvgIpc) is 3.07. The molecule has 0 aliphatic heterocycles.